The highest BCUT2D eigenvalue weighted by atomic mass is 32.2. The standard InChI is InChI=1S/C10H22N2S/c1-13-10-7-11-12-8-5-3-2-4-6-9-12/h11H,2-10H2,1H3. The van der Waals surface area contributed by atoms with E-state index in [-0.39, 0.29) is 0 Å². The van der Waals surface area contributed by atoms with E-state index in [0.717, 1.165) is 6.54 Å². The van der Waals surface area contributed by atoms with Crippen LogP contribution in [0.2, 0.25) is 0 Å². The first-order valence-corrected chi connectivity index (χ1v) is 6.80. The predicted molar refractivity (Wildman–Crippen MR) is 61.0 cm³/mol. The number of thioether (sulfide) groups is 1. The van der Waals surface area contributed by atoms with Crippen molar-refractivity contribution in [1.29, 1.82) is 0 Å². The molecule has 1 heterocycles. The Labute approximate surface area is 86.4 Å². The van der Waals surface area contributed by atoms with E-state index in [1.54, 1.807) is 0 Å². The number of hydrogen-bond donors (Lipinski definition) is 1. The second kappa shape index (κ2) is 7.65. The maximum absolute atomic E-state index is 3.50. The summed E-state index contributed by atoms with van der Waals surface area (Å²) in [5.41, 5.74) is 3.50. The fourth-order valence-electron chi connectivity index (χ4n) is 1.71. The molecule has 0 saturated carbocycles. The van der Waals surface area contributed by atoms with E-state index >= 15 is 0 Å². The molecule has 1 aliphatic rings. The van der Waals surface area contributed by atoms with Crippen LogP contribution in [-0.2, 0) is 0 Å². The van der Waals surface area contributed by atoms with Crippen LogP contribution in [0.5, 0.6) is 0 Å². The molecule has 0 amide bonds. The Hall–Kier alpha value is 0.270. The molecule has 1 fully saturated rings. The quantitative estimate of drug-likeness (QED) is 0.703. The number of hydrogen-bond acceptors (Lipinski definition) is 3. The minimum atomic E-state index is 1.13. The Morgan fingerprint density at radius 3 is 2.31 bits per heavy atom. The zero-order valence-corrected chi connectivity index (χ0v) is 9.54. The Morgan fingerprint density at radius 1 is 1.08 bits per heavy atom. The molecule has 3 heteroatoms. The fraction of sp³-hybridized carbons (Fsp3) is 1.00. The predicted octanol–water partition coefficient (Wildman–Crippen LogP) is 2.12. The Bertz CT molecular complexity index is 111. The van der Waals surface area contributed by atoms with Gasteiger partial charge in [-0.3, -0.25) is 5.43 Å². The minimum Gasteiger partial charge on any atom is -0.254 e. The van der Waals surface area contributed by atoms with Crippen molar-refractivity contribution in [3.8, 4) is 0 Å². The van der Waals surface area contributed by atoms with Gasteiger partial charge < -0.3 is 0 Å². The van der Waals surface area contributed by atoms with Crippen molar-refractivity contribution < 1.29 is 0 Å². The van der Waals surface area contributed by atoms with Crippen LogP contribution in [0.3, 0.4) is 0 Å². The first-order chi connectivity index (χ1) is 6.43. The Balaban J connectivity index is 2.06. The average Bonchev–Trinajstić information content (AvgIpc) is 2.08. The van der Waals surface area contributed by atoms with Crippen LogP contribution < -0.4 is 5.43 Å². The topological polar surface area (TPSA) is 15.3 Å². The molecule has 13 heavy (non-hydrogen) atoms. The smallest absolute Gasteiger partial charge is 0.0193 e. The van der Waals surface area contributed by atoms with Gasteiger partial charge in [0.15, 0.2) is 0 Å². The number of nitrogens with one attached hydrogen (secondary N) is 1. The zero-order chi connectivity index (χ0) is 9.36. The van der Waals surface area contributed by atoms with Crippen molar-refractivity contribution in [2.24, 2.45) is 0 Å². The van der Waals surface area contributed by atoms with E-state index in [9.17, 15) is 0 Å². The molecule has 0 unspecified atom stereocenters. The normalized spacial score (nSPS) is 21.0. The molecule has 0 bridgehead atoms. The van der Waals surface area contributed by atoms with Gasteiger partial charge in [0.2, 0.25) is 0 Å². The summed E-state index contributed by atoms with van der Waals surface area (Å²) in [5.74, 6) is 1.22. The number of nitrogens with zero attached hydrogens (tertiary/aromatic N) is 1. The lowest BCUT2D eigenvalue weighted by atomic mass is 10.1. The maximum atomic E-state index is 3.50. The molecule has 0 radical (unpaired) electrons. The van der Waals surface area contributed by atoms with E-state index in [1.807, 2.05) is 11.8 Å². The zero-order valence-electron chi connectivity index (χ0n) is 8.72. The SMILES string of the molecule is CSCCNN1CCCCCCC1. The molecular formula is C10H22N2S. The minimum absolute atomic E-state index is 1.13. The number of rotatable bonds is 4. The lowest BCUT2D eigenvalue weighted by Gasteiger charge is -2.25. The van der Waals surface area contributed by atoms with E-state index in [0.29, 0.717) is 0 Å². The average molecular weight is 202 g/mol. The van der Waals surface area contributed by atoms with Crippen LogP contribution in [0, 0.1) is 0 Å². The van der Waals surface area contributed by atoms with Crippen LogP contribution in [0.15, 0.2) is 0 Å². The molecular weight excluding hydrogens is 180 g/mol. The lowest BCUT2D eigenvalue weighted by Crippen LogP contribution is -2.41. The van der Waals surface area contributed by atoms with E-state index in [1.165, 1.54) is 50.9 Å². The summed E-state index contributed by atoms with van der Waals surface area (Å²) < 4.78 is 0. The summed E-state index contributed by atoms with van der Waals surface area (Å²) in [7, 11) is 0. The fourth-order valence-corrected chi connectivity index (χ4v) is 2.01. The molecule has 1 rings (SSSR count). The third kappa shape index (κ3) is 5.55. The van der Waals surface area contributed by atoms with Crippen LogP contribution >= 0.6 is 11.8 Å². The van der Waals surface area contributed by atoms with Gasteiger partial charge in [0.05, 0.1) is 0 Å². The first kappa shape index (κ1) is 11.3. The van der Waals surface area contributed by atoms with Crippen LogP contribution in [-0.4, -0.2) is 36.7 Å². The summed E-state index contributed by atoms with van der Waals surface area (Å²) >= 11 is 1.91. The molecule has 2 nitrogen and oxygen atoms in total. The first-order valence-electron chi connectivity index (χ1n) is 5.41. The monoisotopic (exact) mass is 202 g/mol. The Kier molecular flexibility index (Phi) is 6.68. The van der Waals surface area contributed by atoms with Gasteiger partial charge in [0, 0.05) is 25.4 Å². The molecule has 1 saturated heterocycles. The molecule has 78 valence electrons. The third-order valence-corrected chi connectivity index (χ3v) is 3.11. The van der Waals surface area contributed by atoms with Crippen molar-refractivity contribution >= 4 is 11.8 Å². The van der Waals surface area contributed by atoms with E-state index < -0.39 is 0 Å². The van der Waals surface area contributed by atoms with Gasteiger partial charge in [0.25, 0.3) is 0 Å². The molecule has 0 spiro atoms. The molecule has 0 aromatic carbocycles. The second-order valence-electron chi connectivity index (χ2n) is 3.66. The summed E-state index contributed by atoms with van der Waals surface area (Å²) in [5, 5.41) is 2.41. The summed E-state index contributed by atoms with van der Waals surface area (Å²) in [4.78, 5) is 0. The second-order valence-corrected chi connectivity index (χ2v) is 4.64. The molecule has 1 N–H and O–H groups in total. The van der Waals surface area contributed by atoms with Crippen molar-refractivity contribution in [2.75, 3.05) is 31.6 Å². The maximum Gasteiger partial charge on any atom is 0.0193 e. The lowest BCUT2D eigenvalue weighted by molar-refractivity contribution is 0.175. The summed E-state index contributed by atoms with van der Waals surface area (Å²) in [6, 6.07) is 0. The summed E-state index contributed by atoms with van der Waals surface area (Å²) in [6.45, 7) is 3.62. The third-order valence-electron chi connectivity index (χ3n) is 2.50. The van der Waals surface area contributed by atoms with Crippen molar-refractivity contribution in [3.05, 3.63) is 0 Å². The van der Waals surface area contributed by atoms with Crippen molar-refractivity contribution in [3.63, 3.8) is 0 Å². The molecule has 1 aliphatic heterocycles. The van der Waals surface area contributed by atoms with Crippen molar-refractivity contribution in [1.82, 2.24) is 10.4 Å². The van der Waals surface area contributed by atoms with Gasteiger partial charge in [-0.05, 0) is 19.1 Å². The van der Waals surface area contributed by atoms with Gasteiger partial charge >= 0.3 is 0 Å². The van der Waals surface area contributed by atoms with Crippen molar-refractivity contribution in [2.45, 2.75) is 32.1 Å². The molecule has 0 aromatic rings. The van der Waals surface area contributed by atoms with Gasteiger partial charge in [-0.1, -0.05) is 19.3 Å². The van der Waals surface area contributed by atoms with E-state index in [4.69, 9.17) is 0 Å². The van der Waals surface area contributed by atoms with Gasteiger partial charge in [-0.25, -0.2) is 5.01 Å². The van der Waals surface area contributed by atoms with Gasteiger partial charge in [-0.2, -0.15) is 11.8 Å². The largest absolute Gasteiger partial charge is 0.254 e. The van der Waals surface area contributed by atoms with E-state index in [2.05, 4.69) is 16.7 Å². The van der Waals surface area contributed by atoms with Crippen LogP contribution in [0.4, 0.5) is 0 Å². The molecule has 0 aromatic heterocycles. The summed E-state index contributed by atoms with van der Waals surface area (Å²) in [6.07, 6.45) is 9.17. The molecule has 0 atom stereocenters. The van der Waals surface area contributed by atoms with Crippen LogP contribution in [0.1, 0.15) is 32.1 Å². The van der Waals surface area contributed by atoms with Crippen LogP contribution in [0.25, 0.3) is 0 Å². The highest BCUT2D eigenvalue weighted by Gasteiger charge is 2.06. The van der Waals surface area contributed by atoms with Gasteiger partial charge in [0.1, 0.15) is 0 Å². The van der Waals surface area contributed by atoms with Gasteiger partial charge in [-0.15, -0.1) is 0 Å². The molecule has 0 aliphatic carbocycles. The highest BCUT2D eigenvalue weighted by molar-refractivity contribution is 7.98. The number of hydrazine groups is 1. The Morgan fingerprint density at radius 2 is 1.69 bits per heavy atom. The highest BCUT2D eigenvalue weighted by Crippen LogP contribution is 2.08.